The first kappa shape index (κ1) is 15.9. The van der Waals surface area contributed by atoms with Crippen LogP contribution in [0.1, 0.15) is 52.7 Å². The Balaban J connectivity index is 2.35. The summed E-state index contributed by atoms with van der Waals surface area (Å²) in [6.45, 7) is 13.5. The molecule has 3 rings (SSSR count). The fourth-order valence-electron chi connectivity index (χ4n) is 2.97. The third-order valence-corrected chi connectivity index (χ3v) is 4.43. The second-order valence-corrected chi connectivity index (χ2v) is 8.42. The lowest BCUT2D eigenvalue weighted by Gasteiger charge is -2.25. The van der Waals surface area contributed by atoms with Crippen molar-refractivity contribution >= 4 is 11.0 Å². The molecule has 2 aromatic carbocycles. The Bertz CT molecular complexity index is 824. The Hall–Kier alpha value is -2.02. The molecule has 1 heteroatoms. The molecule has 0 aliphatic heterocycles. The van der Waals surface area contributed by atoms with Gasteiger partial charge in [0.2, 0.25) is 0 Å². The first-order valence-corrected chi connectivity index (χ1v) is 8.29. The summed E-state index contributed by atoms with van der Waals surface area (Å²) in [5.74, 6) is 0. The van der Waals surface area contributed by atoms with Crippen LogP contribution >= 0.6 is 0 Å². The number of furan rings is 1. The predicted molar refractivity (Wildman–Crippen MR) is 99.1 cm³/mol. The highest BCUT2D eigenvalue weighted by Crippen LogP contribution is 2.40. The summed E-state index contributed by atoms with van der Waals surface area (Å²) in [5.41, 5.74) is 6.19. The molecule has 1 aromatic heterocycles. The Morgan fingerprint density at radius 2 is 1.43 bits per heavy atom. The number of hydrogen-bond donors (Lipinski definition) is 0. The van der Waals surface area contributed by atoms with Crippen LogP contribution in [0.3, 0.4) is 0 Å². The van der Waals surface area contributed by atoms with Gasteiger partial charge in [0.15, 0.2) is 0 Å². The second kappa shape index (κ2) is 5.26. The minimum Gasteiger partial charge on any atom is -0.463 e. The van der Waals surface area contributed by atoms with Crippen LogP contribution in [0.15, 0.2) is 53.1 Å². The lowest BCUT2D eigenvalue weighted by molar-refractivity contribution is 0.550. The van der Waals surface area contributed by atoms with Crippen LogP contribution < -0.4 is 0 Å². The Kier molecular flexibility index (Phi) is 3.63. The molecule has 0 N–H and O–H groups in total. The summed E-state index contributed by atoms with van der Waals surface area (Å²) in [4.78, 5) is 0. The maximum Gasteiger partial charge on any atom is 0.138 e. The smallest absolute Gasteiger partial charge is 0.138 e. The highest BCUT2D eigenvalue weighted by atomic mass is 16.3. The Labute approximate surface area is 139 Å². The average Bonchev–Trinajstić information content (AvgIpc) is 2.89. The van der Waals surface area contributed by atoms with E-state index >= 15 is 0 Å². The molecule has 0 saturated carbocycles. The molecule has 23 heavy (non-hydrogen) atoms. The van der Waals surface area contributed by atoms with E-state index in [2.05, 4.69) is 77.9 Å². The predicted octanol–water partition coefficient (Wildman–Crippen LogP) is 6.69. The van der Waals surface area contributed by atoms with Gasteiger partial charge in [-0.3, -0.25) is 0 Å². The van der Waals surface area contributed by atoms with Crippen molar-refractivity contribution in [2.45, 2.75) is 52.4 Å². The van der Waals surface area contributed by atoms with E-state index in [-0.39, 0.29) is 10.8 Å². The normalized spacial score (nSPS) is 12.8. The molecule has 3 aromatic rings. The molecule has 1 heterocycles. The lowest BCUT2D eigenvalue weighted by Crippen LogP contribution is -2.16. The highest BCUT2D eigenvalue weighted by molar-refractivity contribution is 5.96. The van der Waals surface area contributed by atoms with E-state index < -0.39 is 0 Å². The van der Waals surface area contributed by atoms with Crippen molar-refractivity contribution in [1.82, 2.24) is 0 Å². The molecule has 0 bridgehead atoms. The molecule has 0 spiro atoms. The molecule has 0 atom stereocenters. The molecule has 0 radical (unpaired) electrons. The van der Waals surface area contributed by atoms with Crippen molar-refractivity contribution in [3.8, 4) is 11.1 Å². The first-order valence-electron chi connectivity index (χ1n) is 8.29. The van der Waals surface area contributed by atoms with Gasteiger partial charge in [-0.25, -0.2) is 0 Å². The van der Waals surface area contributed by atoms with Crippen molar-refractivity contribution < 1.29 is 4.42 Å². The molecular weight excluding hydrogens is 280 g/mol. The molecule has 0 aliphatic carbocycles. The van der Waals surface area contributed by atoms with E-state index in [0.717, 1.165) is 5.58 Å². The van der Waals surface area contributed by atoms with Gasteiger partial charge in [-0.1, -0.05) is 77.9 Å². The maximum absolute atomic E-state index is 6.03. The molecule has 0 aliphatic rings. The number of benzene rings is 2. The molecule has 0 saturated heterocycles. The van der Waals surface area contributed by atoms with E-state index in [9.17, 15) is 0 Å². The van der Waals surface area contributed by atoms with E-state index in [1.165, 1.54) is 27.6 Å². The summed E-state index contributed by atoms with van der Waals surface area (Å²) >= 11 is 0. The molecule has 0 unspecified atom stereocenters. The minimum absolute atomic E-state index is 0.0469. The zero-order valence-corrected chi connectivity index (χ0v) is 15.0. The molecule has 0 fully saturated rings. The van der Waals surface area contributed by atoms with Crippen molar-refractivity contribution in [3.63, 3.8) is 0 Å². The maximum atomic E-state index is 6.03. The largest absolute Gasteiger partial charge is 0.463 e. The summed E-state index contributed by atoms with van der Waals surface area (Å²) in [6.07, 6.45) is 1.90. The van der Waals surface area contributed by atoms with Crippen molar-refractivity contribution in [2.75, 3.05) is 0 Å². The van der Waals surface area contributed by atoms with E-state index in [1.54, 1.807) is 0 Å². The van der Waals surface area contributed by atoms with Crippen LogP contribution in [0.4, 0.5) is 0 Å². The van der Waals surface area contributed by atoms with Gasteiger partial charge < -0.3 is 4.42 Å². The van der Waals surface area contributed by atoms with Crippen LogP contribution in [-0.4, -0.2) is 0 Å². The Morgan fingerprint density at radius 1 is 0.783 bits per heavy atom. The molecule has 1 nitrogen and oxygen atoms in total. The van der Waals surface area contributed by atoms with Gasteiger partial charge in [-0.05, 0) is 28.0 Å². The Morgan fingerprint density at radius 3 is 2.00 bits per heavy atom. The van der Waals surface area contributed by atoms with Gasteiger partial charge in [0.1, 0.15) is 5.58 Å². The molecule has 0 amide bonds. The zero-order chi connectivity index (χ0) is 16.8. The van der Waals surface area contributed by atoms with Gasteiger partial charge in [0.05, 0.1) is 6.26 Å². The standard InChI is InChI=1S/C22H26O/c1-21(2,3)16-12-17-18(15-10-8-7-9-11-15)14-23-20(17)19(13-16)22(4,5)6/h7-14H,1-6H3. The van der Waals surface area contributed by atoms with Crippen LogP contribution in [0.25, 0.3) is 22.1 Å². The highest BCUT2D eigenvalue weighted by Gasteiger charge is 2.25. The summed E-state index contributed by atoms with van der Waals surface area (Å²) in [6, 6.07) is 15.1. The fourth-order valence-corrected chi connectivity index (χ4v) is 2.97. The van der Waals surface area contributed by atoms with E-state index in [4.69, 9.17) is 4.42 Å². The minimum atomic E-state index is 0.0469. The topological polar surface area (TPSA) is 13.1 Å². The summed E-state index contributed by atoms with van der Waals surface area (Å²) < 4.78 is 6.03. The summed E-state index contributed by atoms with van der Waals surface area (Å²) in [5, 5.41) is 1.22. The monoisotopic (exact) mass is 306 g/mol. The van der Waals surface area contributed by atoms with Gasteiger partial charge in [-0.2, -0.15) is 0 Å². The lowest BCUT2D eigenvalue weighted by atomic mass is 9.79. The van der Waals surface area contributed by atoms with Crippen molar-refractivity contribution in [2.24, 2.45) is 0 Å². The van der Waals surface area contributed by atoms with Crippen LogP contribution in [0, 0.1) is 0 Å². The second-order valence-electron chi connectivity index (χ2n) is 8.42. The van der Waals surface area contributed by atoms with Crippen LogP contribution in [-0.2, 0) is 10.8 Å². The first-order chi connectivity index (χ1) is 10.7. The number of fused-ring (bicyclic) bond motifs is 1. The third kappa shape index (κ3) is 2.93. The van der Waals surface area contributed by atoms with Crippen LogP contribution in [0.2, 0.25) is 0 Å². The average molecular weight is 306 g/mol. The van der Waals surface area contributed by atoms with Crippen LogP contribution in [0.5, 0.6) is 0 Å². The number of hydrogen-bond acceptors (Lipinski definition) is 1. The van der Waals surface area contributed by atoms with E-state index in [0.29, 0.717) is 0 Å². The van der Waals surface area contributed by atoms with Crippen molar-refractivity contribution in [1.29, 1.82) is 0 Å². The van der Waals surface area contributed by atoms with Gasteiger partial charge in [0, 0.05) is 16.5 Å². The quantitative estimate of drug-likeness (QED) is 0.488. The zero-order valence-electron chi connectivity index (χ0n) is 15.0. The third-order valence-electron chi connectivity index (χ3n) is 4.43. The molecular formula is C22H26O. The van der Waals surface area contributed by atoms with Gasteiger partial charge in [-0.15, -0.1) is 0 Å². The van der Waals surface area contributed by atoms with E-state index in [1.807, 2.05) is 12.3 Å². The van der Waals surface area contributed by atoms with Crippen molar-refractivity contribution in [3.05, 3.63) is 59.9 Å². The number of rotatable bonds is 1. The SMILES string of the molecule is CC(C)(C)c1cc(C(C)(C)C)c2occ(-c3ccccc3)c2c1. The van der Waals surface area contributed by atoms with Gasteiger partial charge in [0.25, 0.3) is 0 Å². The summed E-state index contributed by atoms with van der Waals surface area (Å²) in [7, 11) is 0. The fraction of sp³-hybridized carbons (Fsp3) is 0.364. The van der Waals surface area contributed by atoms with Gasteiger partial charge >= 0.3 is 0 Å². The molecule has 120 valence electrons.